The zero-order valence-corrected chi connectivity index (χ0v) is 11.2. The first kappa shape index (κ1) is 12.1. The van der Waals surface area contributed by atoms with Crippen molar-refractivity contribution in [3.8, 4) is 0 Å². The molecule has 0 saturated carbocycles. The van der Waals surface area contributed by atoms with Crippen LogP contribution in [0, 0.1) is 0 Å². The smallest absolute Gasteiger partial charge is 0.186 e. The van der Waals surface area contributed by atoms with E-state index >= 15 is 0 Å². The predicted molar refractivity (Wildman–Crippen MR) is 70.7 cm³/mol. The van der Waals surface area contributed by atoms with Gasteiger partial charge in [-0.05, 0) is 43.8 Å². The van der Waals surface area contributed by atoms with E-state index in [1.165, 1.54) is 17.1 Å². The van der Waals surface area contributed by atoms with Gasteiger partial charge in [0, 0.05) is 0 Å². The van der Waals surface area contributed by atoms with Gasteiger partial charge in [0.2, 0.25) is 0 Å². The van der Waals surface area contributed by atoms with Crippen LogP contribution in [0.15, 0.2) is 16.3 Å². The van der Waals surface area contributed by atoms with Gasteiger partial charge in [0.25, 0.3) is 0 Å². The Morgan fingerprint density at radius 3 is 2.88 bits per heavy atom. The number of thiophene rings is 1. The van der Waals surface area contributed by atoms with E-state index in [0.29, 0.717) is 6.54 Å². The van der Waals surface area contributed by atoms with E-state index in [0.717, 1.165) is 23.7 Å². The second-order valence-corrected chi connectivity index (χ2v) is 6.61. The molecule has 0 aromatic carbocycles. The molecule has 0 N–H and O–H groups in total. The van der Waals surface area contributed by atoms with E-state index in [2.05, 4.69) is 17.9 Å². The first-order valence-electron chi connectivity index (χ1n) is 5.78. The lowest BCUT2D eigenvalue weighted by atomic mass is 10.3. The van der Waals surface area contributed by atoms with Crippen molar-refractivity contribution in [2.24, 2.45) is 0 Å². The number of thioether (sulfide) groups is 1. The summed E-state index contributed by atoms with van der Waals surface area (Å²) in [5.41, 5.74) is 0. The first-order chi connectivity index (χ1) is 7.79. The highest BCUT2D eigenvalue weighted by atomic mass is 32.2. The monoisotopic (exact) mass is 255 g/mol. The molecular weight excluding hydrogens is 238 g/mol. The van der Waals surface area contributed by atoms with Crippen molar-refractivity contribution in [3.05, 3.63) is 17.0 Å². The van der Waals surface area contributed by atoms with E-state index in [9.17, 15) is 4.79 Å². The topological polar surface area (TPSA) is 20.3 Å². The molecule has 0 amide bonds. The molecule has 0 bridgehead atoms. The fourth-order valence-corrected chi connectivity index (χ4v) is 3.89. The third kappa shape index (κ3) is 3.09. The van der Waals surface area contributed by atoms with Crippen LogP contribution in [0.3, 0.4) is 0 Å². The molecule has 1 fully saturated rings. The first-order valence-corrected chi connectivity index (χ1v) is 7.58. The van der Waals surface area contributed by atoms with E-state index < -0.39 is 0 Å². The van der Waals surface area contributed by atoms with Crippen LogP contribution in [0.4, 0.5) is 0 Å². The van der Waals surface area contributed by atoms with E-state index in [1.54, 1.807) is 11.3 Å². The van der Waals surface area contributed by atoms with Crippen LogP contribution in [-0.4, -0.2) is 36.1 Å². The number of likely N-dealkylation sites (tertiary alicyclic amines) is 1. The Kier molecular flexibility index (Phi) is 4.44. The van der Waals surface area contributed by atoms with Gasteiger partial charge >= 0.3 is 0 Å². The summed E-state index contributed by atoms with van der Waals surface area (Å²) in [5, 5.41) is 0. The maximum absolute atomic E-state index is 12.0. The summed E-state index contributed by atoms with van der Waals surface area (Å²) in [6.07, 6.45) is 2.49. The third-order valence-corrected chi connectivity index (χ3v) is 4.94. The van der Waals surface area contributed by atoms with Crippen LogP contribution in [0.1, 0.15) is 29.4 Å². The third-order valence-electron chi connectivity index (χ3n) is 2.71. The number of ketones is 1. The molecule has 1 aromatic heterocycles. The maximum Gasteiger partial charge on any atom is 0.186 e. The lowest BCUT2D eigenvalue weighted by molar-refractivity contribution is 0.0949. The summed E-state index contributed by atoms with van der Waals surface area (Å²) in [7, 11) is 0. The molecule has 0 atom stereocenters. The van der Waals surface area contributed by atoms with Gasteiger partial charge in [-0.2, -0.15) is 0 Å². The average molecular weight is 255 g/mol. The van der Waals surface area contributed by atoms with Crippen molar-refractivity contribution in [2.45, 2.75) is 24.0 Å². The van der Waals surface area contributed by atoms with Crippen molar-refractivity contribution < 1.29 is 4.79 Å². The summed E-state index contributed by atoms with van der Waals surface area (Å²) >= 11 is 3.44. The molecule has 2 nitrogen and oxygen atoms in total. The Morgan fingerprint density at radius 2 is 2.19 bits per heavy atom. The van der Waals surface area contributed by atoms with Crippen molar-refractivity contribution in [3.63, 3.8) is 0 Å². The van der Waals surface area contributed by atoms with Crippen LogP contribution >= 0.6 is 23.1 Å². The summed E-state index contributed by atoms with van der Waals surface area (Å²) in [6.45, 7) is 4.92. The minimum absolute atomic E-state index is 0.287. The summed E-state index contributed by atoms with van der Waals surface area (Å²) in [5.74, 6) is 1.36. The SMILES string of the molecule is CCSc1ccc(C(=O)CN2CCCC2)s1. The molecule has 0 unspecified atom stereocenters. The van der Waals surface area contributed by atoms with Crippen molar-refractivity contribution in [1.29, 1.82) is 0 Å². The molecule has 16 heavy (non-hydrogen) atoms. The van der Waals surface area contributed by atoms with Crippen molar-refractivity contribution >= 4 is 28.9 Å². The molecule has 1 aromatic rings. The van der Waals surface area contributed by atoms with Crippen molar-refractivity contribution in [2.75, 3.05) is 25.4 Å². The largest absolute Gasteiger partial charge is 0.296 e. The van der Waals surface area contributed by atoms with Crippen LogP contribution < -0.4 is 0 Å². The van der Waals surface area contributed by atoms with Gasteiger partial charge in [-0.25, -0.2) is 0 Å². The highest BCUT2D eigenvalue weighted by Gasteiger charge is 2.17. The van der Waals surface area contributed by atoms with Crippen LogP contribution in [-0.2, 0) is 0 Å². The van der Waals surface area contributed by atoms with Crippen LogP contribution in [0.2, 0.25) is 0 Å². The molecule has 0 aliphatic carbocycles. The number of Topliss-reactive ketones (excluding diaryl/α,β-unsaturated/α-hetero) is 1. The van der Waals surface area contributed by atoms with Gasteiger partial charge in [-0.3, -0.25) is 9.69 Å². The quantitative estimate of drug-likeness (QED) is 0.595. The summed E-state index contributed by atoms with van der Waals surface area (Å²) in [4.78, 5) is 15.2. The van der Waals surface area contributed by atoms with Gasteiger partial charge in [0.15, 0.2) is 5.78 Å². The molecule has 1 aliphatic rings. The standard InChI is InChI=1S/C12H17NOS2/c1-2-15-12-6-5-11(16-12)10(14)9-13-7-3-4-8-13/h5-6H,2-4,7-9H2,1H3. The van der Waals surface area contributed by atoms with Gasteiger partial charge in [-0.1, -0.05) is 6.92 Å². The van der Waals surface area contributed by atoms with E-state index in [4.69, 9.17) is 0 Å². The Balaban J connectivity index is 1.91. The number of nitrogens with zero attached hydrogens (tertiary/aromatic N) is 1. The normalized spacial score (nSPS) is 16.8. The highest BCUT2D eigenvalue weighted by Crippen LogP contribution is 2.27. The van der Waals surface area contributed by atoms with E-state index in [-0.39, 0.29) is 5.78 Å². The number of hydrogen-bond donors (Lipinski definition) is 0. The highest BCUT2D eigenvalue weighted by molar-refractivity contribution is 8.01. The van der Waals surface area contributed by atoms with Gasteiger partial charge < -0.3 is 0 Å². The van der Waals surface area contributed by atoms with Gasteiger partial charge in [-0.15, -0.1) is 23.1 Å². The zero-order valence-electron chi connectivity index (χ0n) is 9.57. The molecule has 4 heteroatoms. The summed E-state index contributed by atoms with van der Waals surface area (Å²) in [6, 6.07) is 4.04. The lowest BCUT2D eigenvalue weighted by Crippen LogP contribution is -2.26. The van der Waals surface area contributed by atoms with Gasteiger partial charge in [0.05, 0.1) is 15.6 Å². The van der Waals surface area contributed by atoms with Crippen LogP contribution in [0.25, 0.3) is 0 Å². The number of rotatable bonds is 5. The molecule has 1 aliphatic heterocycles. The Morgan fingerprint density at radius 1 is 1.44 bits per heavy atom. The lowest BCUT2D eigenvalue weighted by Gasteiger charge is -2.11. The number of hydrogen-bond acceptors (Lipinski definition) is 4. The second kappa shape index (κ2) is 5.84. The molecule has 0 radical (unpaired) electrons. The number of carbonyl (C=O) groups excluding carboxylic acids is 1. The Hall–Kier alpha value is -0.320. The summed E-state index contributed by atoms with van der Waals surface area (Å²) < 4.78 is 1.26. The van der Waals surface area contributed by atoms with E-state index in [1.807, 2.05) is 17.8 Å². The average Bonchev–Trinajstić information content (AvgIpc) is 2.89. The fraction of sp³-hybridized carbons (Fsp3) is 0.583. The fourth-order valence-electron chi connectivity index (χ4n) is 1.91. The predicted octanol–water partition coefficient (Wildman–Crippen LogP) is 3.14. The molecule has 2 heterocycles. The Bertz CT molecular complexity index is 356. The minimum Gasteiger partial charge on any atom is -0.296 e. The maximum atomic E-state index is 12.0. The minimum atomic E-state index is 0.287. The van der Waals surface area contributed by atoms with Gasteiger partial charge in [0.1, 0.15) is 0 Å². The second-order valence-electron chi connectivity index (χ2n) is 3.96. The zero-order chi connectivity index (χ0) is 11.4. The number of carbonyl (C=O) groups is 1. The molecule has 0 spiro atoms. The van der Waals surface area contributed by atoms with Crippen molar-refractivity contribution in [1.82, 2.24) is 4.90 Å². The molecular formula is C12H17NOS2. The van der Waals surface area contributed by atoms with Crippen LogP contribution in [0.5, 0.6) is 0 Å². The molecule has 1 saturated heterocycles. The Labute approximate surface area is 105 Å². The molecule has 2 rings (SSSR count). The molecule has 88 valence electrons.